The van der Waals surface area contributed by atoms with E-state index in [9.17, 15) is 4.79 Å². The Hall–Kier alpha value is -2.66. The molecule has 0 fully saturated rings. The molecule has 1 aromatic heterocycles. The van der Waals surface area contributed by atoms with Crippen molar-refractivity contribution in [2.24, 2.45) is 0 Å². The Labute approximate surface area is 144 Å². The number of benzene rings is 2. The first kappa shape index (κ1) is 16.2. The van der Waals surface area contributed by atoms with Gasteiger partial charge in [-0.05, 0) is 37.3 Å². The van der Waals surface area contributed by atoms with Gasteiger partial charge in [0.2, 0.25) is 5.82 Å². The number of para-hydroxylation sites is 1. The van der Waals surface area contributed by atoms with Crippen LogP contribution in [0.2, 0.25) is 5.02 Å². The molecule has 3 aromatic rings. The lowest BCUT2D eigenvalue weighted by molar-refractivity contribution is 0.0512. The van der Waals surface area contributed by atoms with Crippen LogP contribution in [0.1, 0.15) is 17.5 Å². The van der Waals surface area contributed by atoms with Crippen molar-refractivity contribution in [3.63, 3.8) is 0 Å². The molecule has 0 saturated heterocycles. The average molecular weight is 342 g/mol. The zero-order valence-electron chi connectivity index (χ0n) is 13.4. The number of ether oxygens (including phenoxy) is 1. The number of nitrogens with zero attached hydrogens (tertiary/aromatic N) is 3. The molecule has 0 radical (unpaired) electrons. The number of hydrogen-bond donors (Lipinski definition) is 0. The zero-order chi connectivity index (χ0) is 17.1. The van der Waals surface area contributed by atoms with E-state index in [1.165, 1.54) is 0 Å². The van der Waals surface area contributed by atoms with Crippen LogP contribution in [0.4, 0.5) is 11.5 Å². The number of hydrogen-bond acceptors (Lipinski definition) is 5. The van der Waals surface area contributed by atoms with Crippen LogP contribution < -0.4 is 4.90 Å². The van der Waals surface area contributed by atoms with Gasteiger partial charge in [0.25, 0.3) is 0 Å². The molecule has 1 heterocycles. The van der Waals surface area contributed by atoms with Crippen LogP contribution in [0, 0.1) is 0 Å². The van der Waals surface area contributed by atoms with Crippen molar-refractivity contribution in [3.8, 4) is 0 Å². The third-order valence-electron chi connectivity index (χ3n) is 3.55. The summed E-state index contributed by atoms with van der Waals surface area (Å²) in [7, 11) is 1.87. The van der Waals surface area contributed by atoms with Gasteiger partial charge in [0.1, 0.15) is 5.82 Å². The lowest BCUT2D eigenvalue weighted by atomic mass is 10.2. The van der Waals surface area contributed by atoms with Gasteiger partial charge < -0.3 is 9.64 Å². The summed E-state index contributed by atoms with van der Waals surface area (Å²) in [5, 5.41) is 1.47. The van der Waals surface area contributed by atoms with E-state index in [0.717, 1.165) is 11.1 Å². The minimum absolute atomic E-state index is 0.0411. The number of anilines is 2. The van der Waals surface area contributed by atoms with E-state index < -0.39 is 5.97 Å². The van der Waals surface area contributed by atoms with E-state index >= 15 is 0 Å². The van der Waals surface area contributed by atoms with Crippen molar-refractivity contribution < 1.29 is 9.53 Å². The first-order valence-corrected chi connectivity index (χ1v) is 7.91. The topological polar surface area (TPSA) is 55.3 Å². The van der Waals surface area contributed by atoms with Crippen LogP contribution >= 0.6 is 11.6 Å². The SMILES string of the molecule is CCOC(=O)c1nc(N(C)c2cccc(Cl)c2)c2ccccc2n1. The normalized spacial score (nSPS) is 10.6. The maximum atomic E-state index is 12.1. The Kier molecular flexibility index (Phi) is 4.62. The molecule has 0 N–H and O–H groups in total. The van der Waals surface area contributed by atoms with Gasteiger partial charge in [0.15, 0.2) is 0 Å². The Morgan fingerprint density at radius 3 is 2.71 bits per heavy atom. The van der Waals surface area contributed by atoms with Gasteiger partial charge >= 0.3 is 5.97 Å². The fourth-order valence-corrected chi connectivity index (χ4v) is 2.59. The van der Waals surface area contributed by atoms with E-state index in [4.69, 9.17) is 16.3 Å². The average Bonchev–Trinajstić information content (AvgIpc) is 2.60. The molecule has 24 heavy (non-hydrogen) atoms. The fraction of sp³-hybridized carbons (Fsp3) is 0.167. The second-order valence-electron chi connectivity index (χ2n) is 5.15. The van der Waals surface area contributed by atoms with Crippen LogP contribution in [0.3, 0.4) is 0 Å². The highest BCUT2D eigenvalue weighted by Crippen LogP contribution is 2.30. The minimum Gasteiger partial charge on any atom is -0.460 e. The molecule has 2 aromatic carbocycles. The number of esters is 1. The highest BCUT2D eigenvalue weighted by atomic mass is 35.5. The standard InChI is InChI=1S/C18H16ClN3O2/c1-3-24-18(23)16-20-15-10-5-4-9-14(15)17(21-16)22(2)13-8-6-7-12(19)11-13/h4-11H,3H2,1-2H3. The van der Waals surface area contributed by atoms with Crippen molar-refractivity contribution in [2.75, 3.05) is 18.6 Å². The second-order valence-corrected chi connectivity index (χ2v) is 5.58. The summed E-state index contributed by atoms with van der Waals surface area (Å²) in [6.07, 6.45) is 0. The number of carbonyl (C=O) groups excluding carboxylic acids is 1. The Morgan fingerprint density at radius 1 is 1.17 bits per heavy atom. The van der Waals surface area contributed by atoms with Gasteiger partial charge in [0.05, 0.1) is 12.1 Å². The molecule has 0 atom stereocenters. The summed E-state index contributed by atoms with van der Waals surface area (Å²) in [4.78, 5) is 22.7. The molecule has 5 nitrogen and oxygen atoms in total. The number of halogens is 1. The van der Waals surface area contributed by atoms with Gasteiger partial charge in [-0.2, -0.15) is 0 Å². The Morgan fingerprint density at radius 2 is 1.96 bits per heavy atom. The zero-order valence-corrected chi connectivity index (χ0v) is 14.1. The van der Waals surface area contributed by atoms with Crippen molar-refractivity contribution in [3.05, 3.63) is 59.4 Å². The second kappa shape index (κ2) is 6.84. The van der Waals surface area contributed by atoms with Crippen LogP contribution in [-0.4, -0.2) is 29.6 Å². The van der Waals surface area contributed by atoms with Crippen molar-refractivity contribution in [1.82, 2.24) is 9.97 Å². The third kappa shape index (κ3) is 3.16. The highest BCUT2D eigenvalue weighted by Gasteiger charge is 2.18. The third-order valence-corrected chi connectivity index (χ3v) is 3.79. The van der Waals surface area contributed by atoms with Crippen molar-refractivity contribution in [2.45, 2.75) is 6.92 Å². The molecule has 0 aliphatic carbocycles. The smallest absolute Gasteiger partial charge is 0.376 e. The minimum atomic E-state index is -0.538. The molecule has 0 unspecified atom stereocenters. The number of fused-ring (bicyclic) bond motifs is 1. The molecule has 0 spiro atoms. The summed E-state index contributed by atoms with van der Waals surface area (Å²) < 4.78 is 5.03. The first-order chi connectivity index (χ1) is 11.6. The van der Waals surface area contributed by atoms with Gasteiger partial charge in [-0.1, -0.05) is 29.8 Å². The predicted molar refractivity (Wildman–Crippen MR) is 95.0 cm³/mol. The predicted octanol–water partition coefficient (Wildman–Crippen LogP) is 4.23. The summed E-state index contributed by atoms with van der Waals surface area (Å²) in [5.74, 6) is 0.120. The van der Waals surface area contributed by atoms with Gasteiger partial charge in [-0.3, -0.25) is 0 Å². The van der Waals surface area contributed by atoms with Crippen LogP contribution in [0.5, 0.6) is 0 Å². The molecule has 0 aliphatic rings. The molecule has 3 rings (SSSR count). The number of carbonyl (C=O) groups is 1. The Balaban J connectivity index is 2.16. The summed E-state index contributed by atoms with van der Waals surface area (Å²) in [6.45, 7) is 2.02. The molecular formula is C18H16ClN3O2. The van der Waals surface area contributed by atoms with Crippen LogP contribution in [-0.2, 0) is 4.74 Å². The quantitative estimate of drug-likeness (QED) is 0.665. The summed E-state index contributed by atoms with van der Waals surface area (Å²) >= 11 is 6.08. The number of aromatic nitrogens is 2. The van der Waals surface area contributed by atoms with E-state index in [1.807, 2.05) is 54.4 Å². The molecule has 0 amide bonds. The molecule has 0 bridgehead atoms. The van der Waals surface area contributed by atoms with Gasteiger partial charge in [0, 0.05) is 23.1 Å². The molecular weight excluding hydrogens is 326 g/mol. The van der Waals surface area contributed by atoms with Crippen molar-refractivity contribution in [1.29, 1.82) is 0 Å². The van der Waals surface area contributed by atoms with E-state index in [1.54, 1.807) is 13.0 Å². The monoisotopic (exact) mass is 341 g/mol. The van der Waals surface area contributed by atoms with Crippen LogP contribution in [0.25, 0.3) is 10.9 Å². The van der Waals surface area contributed by atoms with Gasteiger partial charge in [-0.25, -0.2) is 14.8 Å². The van der Waals surface area contributed by atoms with Crippen LogP contribution in [0.15, 0.2) is 48.5 Å². The summed E-state index contributed by atoms with van der Waals surface area (Å²) in [6, 6.07) is 15.0. The first-order valence-electron chi connectivity index (χ1n) is 7.53. The molecule has 6 heteroatoms. The fourth-order valence-electron chi connectivity index (χ4n) is 2.41. The maximum absolute atomic E-state index is 12.1. The van der Waals surface area contributed by atoms with E-state index in [2.05, 4.69) is 9.97 Å². The lowest BCUT2D eigenvalue weighted by Crippen LogP contribution is -2.16. The van der Waals surface area contributed by atoms with E-state index in [0.29, 0.717) is 16.4 Å². The van der Waals surface area contributed by atoms with Crippen molar-refractivity contribution >= 4 is 40.0 Å². The summed E-state index contributed by atoms with van der Waals surface area (Å²) in [5.41, 5.74) is 1.54. The molecule has 0 aliphatic heterocycles. The maximum Gasteiger partial charge on any atom is 0.376 e. The Bertz CT molecular complexity index is 898. The highest BCUT2D eigenvalue weighted by molar-refractivity contribution is 6.30. The molecule has 0 saturated carbocycles. The lowest BCUT2D eigenvalue weighted by Gasteiger charge is -2.20. The van der Waals surface area contributed by atoms with Gasteiger partial charge in [-0.15, -0.1) is 0 Å². The number of rotatable bonds is 4. The largest absolute Gasteiger partial charge is 0.460 e. The molecule has 122 valence electrons. The van der Waals surface area contributed by atoms with E-state index in [-0.39, 0.29) is 12.4 Å².